The van der Waals surface area contributed by atoms with Crippen LogP contribution in [0.25, 0.3) is 0 Å². The maximum atomic E-state index is 12.3. The molecular formula is C17H27N3O10S. The summed E-state index contributed by atoms with van der Waals surface area (Å²) in [5.41, 5.74) is 0. The highest BCUT2D eigenvalue weighted by Gasteiger charge is 2.25. The van der Waals surface area contributed by atoms with E-state index in [1.165, 1.54) is 0 Å². The lowest BCUT2D eigenvalue weighted by atomic mass is 10.1. The number of ether oxygens (including phenoxy) is 3. The SMILES string of the molecule is CCOC(=O)N[C@@H](CCC(=O)N[C@@H](CSC(=O)OCC)C(=O)NCC(=O)OC)C(=O)O. The highest BCUT2D eigenvalue weighted by Crippen LogP contribution is 2.08. The summed E-state index contributed by atoms with van der Waals surface area (Å²) in [6, 6.07) is -2.60. The van der Waals surface area contributed by atoms with Crippen LogP contribution in [0.2, 0.25) is 0 Å². The number of aliphatic carboxylic acids is 1. The smallest absolute Gasteiger partial charge is 0.407 e. The summed E-state index contributed by atoms with van der Waals surface area (Å²) in [5.74, 6) is -3.74. The van der Waals surface area contributed by atoms with Crippen molar-refractivity contribution < 1.29 is 48.1 Å². The molecule has 31 heavy (non-hydrogen) atoms. The van der Waals surface area contributed by atoms with Gasteiger partial charge in [0.1, 0.15) is 18.6 Å². The van der Waals surface area contributed by atoms with Gasteiger partial charge in [-0.25, -0.2) is 14.4 Å². The number of amides is 3. The van der Waals surface area contributed by atoms with Crippen molar-refractivity contribution in [3.05, 3.63) is 0 Å². The van der Waals surface area contributed by atoms with Gasteiger partial charge in [-0.3, -0.25) is 14.4 Å². The zero-order chi connectivity index (χ0) is 23.8. The highest BCUT2D eigenvalue weighted by atomic mass is 32.2. The Hall–Kier alpha value is -3.03. The van der Waals surface area contributed by atoms with Crippen molar-refractivity contribution in [2.45, 2.75) is 38.8 Å². The number of hydrogen-bond donors (Lipinski definition) is 4. The van der Waals surface area contributed by atoms with E-state index in [1.54, 1.807) is 13.8 Å². The number of rotatable bonds is 13. The van der Waals surface area contributed by atoms with Crippen LogP contribution in [0.5, 0.6) is 0 Å². The van der Waals surface area contributed by atoms with Gasteiger partial charge in [0.05, 0.1) is 20.3 Å². The molecule has 0 aliphatic heterocycles. The number of carbonyl (C=O) groups excluding carboxylic acids is 5. The van der Waals surface area contributed by atoms with E-state index in [0.717, 1.165) is 7.11 Å². The Morgan fingerprint density at radius 2 is 1.61 bits per heavy atom. The normalized spacial score (nSPS) is 12.0. The fourth-order valence-electron chi connectivity index (χ4n) is 1.96. The molecule has 0 aromatic heterocycles. The van der Waals surface area contributed by atoms with Crippen molar-refractivity contribution >= 4 is 46.9 Å². The number of carbonyl (C=O) groups is 6. The molecule has 0 saturated carbocycles. The minimum atomic E-state index is -1.38. The second kappa shape index (κ2) is 15.8. The Bertz CT molecular complexity index is 658. The summed E-state index contributed by atoms with van der Waals surface area (Å²) in [5, 5.41) is 15.2. The molecule has 0 saturated heterocycles. The zero-order valence-electron chi connectivity index (χ0n) is 17.4. The Balaban J connectivity index is 4.92. The van der Waals surface area contributed by atoms with Crippen molar-refractivity contribution in [2.75, 3.05) is 32.6 Å². The van der Waals surface area contributed by atoms with Crippen molar-refractivity contribution in [1.29, 1.82) is 0 Å². The van der Waals surface area contributed by atoms with E-state index in [9.17, 15) is 28.8 Å². The van der Waals surface area contributed by atoms with Crippen LogP contribution in [0.1, 0.15) is 26.7 Å². The van der Waals surface area contributed by atoms with Gasteiger partial charge in [-0.2, -0.15) is 0 Å². The molecular weight excluding hydrogens is 438 g/mol. The summed E-state index contributed by atoms with van der Waals surface area (Å²) in [4.78, 5) is 69.8. The minimum Gasteiger partial charge on any atom is -0.480 e. The van der Waals surface area contributed by atoms with E-state index in [4.69, 9.17) is 9.84 Å². The molecule has 2 atom stereocenters. The summed E-state index contributed by atoms with van der Waals surface area (Å²) < 4.78 is 13.8. The first-order chi connectivity index (χ1) is 14.6. The number of thioether (sulfide) groups is 1. The van der Waals surface area contributed by atoms with Gasteiger partial charge < -0.3 is 35.3 Å². The first-order valence-corrected chi connectivity index (χ1v) is 10.2. The van der Waals surface area contributed by atoms with Crippen molar-refractivity contribution in [3.63, 3.8) is 0 Å². The fourth-order valence-corrected chi connectivity index (χ4v) is 2.70. The Morgan fingerprint density at radius 3 is 2.16 bits per heavy atom. The Labute approximate surface area is 182 Å². The van der Waals surface area contributed by atoms with Crippen LogP contribution in [-0.2, 0) is 33.4 Å². The lowest BCUT2D eigenvalue weighted by Gasteiger charge is -2.18. The van der Waals surface area contributed by atoms with Crippen LogP contribution in [-0.4, -0.2) is 85.0 Å². The van der Waals surface area contributed by atoms with Crippen molar-refractivity contribution in [1.82, 2.24) is 16.0 Å². The Kier molecular flexibility index (Phi) is 14.2. The molecule has 14 heteroatoms. The molecule has 176 valence electrons. The molecule has 4 N–H and O–H groups in total. The van der Waals surface area contributed by atoms with Crippen molar-refractivity contribution in [3.8, 4) is 0 Å². The predicted octanol–water partition coefficient (Wildman–Crippen LogP) is -0.370. The topological polar surface area (TPSA) is 186 Å². The lowest BCUT2D eigenvalue weighted by Crippen LogP contribution is -2.50. The molecule has 0 rings (SSSR count). The molecule has 13 nitrogen and oxygen atoms in total. The first kappa shape index (κ1) is 28.0. The van der Waals surface area contributed by atoms with E-state index >= 15 is 0 Å². The van der Waals surface area contributed by atoms with E-state index < -0.39 is 53.8 Å². The molecule has 0 aliphatic carbocycles. The molecule has 0 spiro atoms. The van der Waals surface area contributed by atoms with E-state index in [0.29, 0.717) is 11.8 Å². The summed E-state index contributed by atoms with van der Waals surface area (Å²) >= 11 is 0.642. The zero-order valence-corrected chi connectivity index (χ0v) is 18.2. The number of carboxylic acids is 1. The van der Waals surface area contributed by atoms with Crippen LogP contribution < -0.4 is 16.0 Å². The molecule has 0 unspecified atom stereocenters. The number of alkyl carbamates (subject to hydrolysis) is 1. The number of hydrogen-bond acceptors (Lipinski definition) is 10. The van der Waals surface area contributed by atoms with Gasteiger partial charge in [-0.1, -0.05) is 0 Å². The minimum absolute atomic E-state index is 0.0408. The number of carboxylic acid groups (broad SMARTS) is 1. The van der Waals surface area contributed by atoms with Crippen LogP contribution in [0.3, 0.4) is 0 Å². The number of methoxy groups -OCH3 is 1. The van der Waals surface area contributed by atoms with Gasteiger partial charge in [-0.15, -0.1) is 0 Å². The molecule has 0 aromatic carbocycles. The molecule has 0 heterocycles. The van der Waals surface area contributed by atoms with Crippen LogP contribution in [0.15, 0.2) is 0 Å². The number of esters is 1. The van der Waals surface area contributed by atoms with E-state index in [1.807, 2.05) is 0 Å². The second-order valence-corrected chi connectivity index (χ2v) is 6.66. The third-order valence-corrected chi connectivity index (χ3v) is 4.30. The van der Waals surface area contributed by atoms with Crippen LogP contribution >= 0.6 is 11.8 Å². The van der Waals surface area contributed by atoms with Gasteiger partial charge in [-0.05, 0) is 32.0 Å². The van der Waals surface area contributed by atoms with Crippen LogP contribution in [0, 0.1) is 0 Å². The van der Waals surface area contributed by atoms with E-state index in [2.05, 4.69) is 25.4 Å². The first-order valence-electron chi connectivity index (χ1n) is 9.24. The van der Waals surface area contributed by atoms with Gasteiger partial charge in [0.2, 0.25) is 11.8 Å². The average Bonchev–Trinajstić information content (AvgIpc) is 2.72. The fraction of sp³-hybridized carbons (Fsp3) is 0.647. The van der Waals surface area contributed by atoms with Gasteiger partial charge >= 0.3 is 23.3 Å². The van der Waals surface area contributed by atoms with Gasteiger partial charge in [0, 0.05) is 12.2 Å². The monoisotopic (exact) mass is 465 g/mol. The predicted molar refractivity (Wildman–Crippen MR) is 107 cm³/mol. The Morgan fingerprint density at radius 1 is 0.968 bits per heavy atom. The summed E-state index contributed by atoms with van der Waals surface area (Å²) in [6.45, 7) is 2.86. The van der Waals surface area contributed by atoms with Gasteiger partial charge in [0.15, 0.2) is 0 Å². The molecule has 0 aromatic rings. The summed E-state index contributed by atoms with van der Waals surface area (Å²) in [6.07, 6.45) is -1.57. The number of nitrogens with one attached hydrogen (secondary N) is 3. The molecule has 0 bridgehead atoms. The van der Waals surface area contributed by atoms with Crippen molar-refractivity contribution in [2.24, 2.45) is 0 Å². The largest absolute Gasteiger partial charge is 0.480 e. The highest BCUT2D eigenvalue weighted by molar-refractivity contribution is 8.13. The third-order valence-electron chi connectivity index (χ3n) is 3.44. The molecule has 0 radical (unpaired) electrons. The maximum Gasteiger partial charge on any atom is 0.407 e. The molecule has 0 fully saturated rings. The standard InChI is InChI=1S/C17H27N3O10S/c1-4-29-16(26)20-10(15(24)25)6-7-12(21)19-11(9-31-17(27)30-5-2)14(23)18-8-13(22)28-3/h10-11H,4-9H2,1-3H3,(H,18,23)(H,19,21)(H,20,26)(H,24,25)/t10-,11-/m0/s1. The van der Waals surface area contributed by atoms with Crippen LogP contribution in [0.4, 0.5) is 9.59 Å². The summed E-state index contributed by atoms with van der Waals surface area (Å²) in [7, 11) is 1.13. The third kappa shape index (κ3) is 13.0. The maximum absolute atomic E-state index is 12.3. The van der Waals surface area contributed by atoms with E-state index in [-0.39, 0.29) is 31.8 Å². The average molecular weight is 465 g/mol. The lowest BCUT2D eigenvalue weighted by molar-refractivity contribution is -0.141. The quantitative estimate of drug-likeness (QED) is 0.205. The molecule has 0 aliphatic rings. The second-order valence-electron chi connectivity index (χ2n) is 5.70. The van der Waals surface area contributed by atoms with Gasteiger partial charge in [0.25, 0.3) is 0 Å². The molecule has 3 amide bonds.